The molecule has 6 rings (SSSR count). The van der Waals surface area contributed by atoms with Crippen LogP contribution in [0, 0.1) is 45.4 Å². The summed E-state index contributed by atoms with van der Waals surface area (Å²) in [6, 6.07) is 0. The molecule has 118 valence electrons. The number of ether oxygens (including phenoxy) is 1. The molecule has 4 aliphatic heterocycles. The number of fused-ring (bicyclic) bond motifs is 1. The van der Waals surface area contributed by atoms with Crippen LogP contribution in [0.1, 0.15) is 40.7 Å². The predicted molar refractivity (Wildman–Crippen MR) is 88.6 cm³/mol. The second-order valence-electron chi connectivity index (χ2n) is 8.49. The maximum Gasteiger partial charge on any atom is 0.126 e. The van der Waals surface area contributed by atoms with Crippen molar-refractivity contribution in [2.45, 2.75) is 52.6 Å². The van der Waals surface area contributed by atoms with Gasteiger partial charge in [-0.3, -0.25) is 0 Å². The molecule has 1 aliphatic carbocycles. The molecule has 2 heteroatoms. The Morgan fingerprint density at radius 3 is 2.14 bits per heavy atom. The normalized spacial score (nSPS) is 41.1. The van der Waals surface area contributed by atoms with E-state index in [-0.39, 0.29) is 5.60 Å². The van der Waals surface area contributed by atoms with Gasteiger partial charge in [0, 0.05) is 43.5 Å². The number of hydrogen-bond donors (Lipinski definition) is 0. The maximum absolute atomic E-state index is 6.89. The summed E-state index contributed by atoms with van der Waals surface area (Å²) in [6.07, 6.45) is 3.97. The highest BCUT2D eigenvalue weighted by Gasteiger charge is 2.61. The summed E-state index contributed by atoms with van der Waals surface area (Å²) >= 11 is 0. The van der Waals surface area contributed by atoms with E-state index in [1.165, 1.54) is 72.5 Å². The largest absolute Gasteiger partial charge is 0.486 e. The molecule has 0 aromatic heterocycles. The average molecular weight is 297 g/mol. The average Bonchev–Trinajstić information content (AvgIpc) is 2.90. The third-order valence-electron chi connectivity index (χ3n) is 7.59. The molecule has 0 amide bonds. The quantitative estimate of drug-likeness (QED) is 0.726. The van der Waals surface area contributed by atoms with Crippen LogP contribution in [0.3, 0.4) is 0 Å². The smallest absolute Gasteiger partial charge is 0.126 e. The molecule has 5 atom stereocenters. The Morgan fingerprint density at radius 2 is 1.50 bits per heavy atom. The van der Waals surface area contributed by atoms with E-state index in [0.29, 0.717) is 0 Å². The molecule has 1 saturated carbocycles. The summed E-state index contributed by atoms with van der Waals surface area (Å²) in [5.41, 5.74) is 7.45. The minimum atomic E-state index is 0.130. The highest BCUT2D eigenvalue weighted by atomic mass is 16.5. The maximum atomic E-state index is 6.89. The number of nitrogens with zero attached hydrogens (tertiary/aromatic N) is 1. The SMILES string of the molecule is Cc1c(C)c(C)c2c(c1C)CC1(O2)C2CC3C[C@H]1CN(C3)C2. The van der Waals surface area contributed by atoms with Crippen molar-refractivity contribution >= 4 is 0 Å². The van der Waals surface area contributed by atoms with Gasteiger partial charge in [0.2, 0.25) is 0 Å². The Bertz CT molecular complexity index is 608. The van der Waals surface area contributed by atoms with Crippen molar-refractivity contribution < 1.29 is 4.74 Å². The van der Waals surface area contributed by atoms with E-state index in [1.54, 1.807) is 0 Å². The fourth-order valence-electron chi connectivity index (χ4n) is 6.12. The second kappa shape index (κ2) is 4.08. The van der Waals surface area contributed by atoms with E-state index in [4.69, 9.17) is 4.74 Å². The molecule has 3 saturated heterocycles. The Morgan fingerprint density at radius 1 is 0.864 bits per heavy atom. The van der Waals surface area contributed by atoms with Crippen LogP contribution in [0.4, 0.5) is 0 Å². The molecule has 0 N–H and O–H groups in total. The third kappa shape index (κ3) is 1.45. The number of hydrogen-bond acceptors (Lipinski definition) is 2. The first kappa shape index (κ1) is 13.4. The summed E-state index contributed by atoms with van der Waals surface area (Å²) in [5.74, 6) is 3.71. The summed E-state index contributed by atoms with van der Waals surface area (Å²) in [5, 5.41) is 0. The lowest BCUT2D eigenvalue weighted by molar-refractivity contribution is -0.158. The molecule has 1 aromatic rings. The van der Waals surface area contributed by atoms with Gasteiger partial charge in [0.25, 0.3) is 0 Å². The van der Waals surface area contributed by atoms with Crippen molar-refractivity contribution in [3.63, 3.8) is 0 Å². The van der Waals surface area contributed by atoms with E-state index in [0.717, 1.165) is 17.8 Å². The lowest BCUT2D eigenvalue weighted by atomic mass is 9.58. The van der Waals surface area contributed by atoms with Crippen LogP contribution in [-0.4, -0.2) is 30.1 Å². The van der Waals surface area contributed by atoms with E-state index < -0.39 is 0 Å². The van der Waals surface area contributed by atoms with Crippen molar-refractivity contribution in [3.8, 4) is 5.75 Å². The lowest BCUT2D eigenvalue weighted by Crippen LogP contribution is -2.68. The highest BCUT2D eigenvalue weighted by molar-refractivity contribution is 5.57. The monoisotopic (exact) mass is 297 g/mol. The molecule has 0 radical (unpaired) electrons. The Kier molecular flexibility index (Phi) is 2.49. The van der Waals surface area contributed by atoms with Gasteiger partial charge in [-0.2, -0.15) is 0 Å². The van der Waals surface area contributed by atoms with Crippen molar-refractivity contribution in [1.82, 2.24) is 4.90 Å². The number of piperidine rings is 3. The van der Waals surface area contributed by atoms with Gasteiger partial charge >= 0.3 is 0 Å². The molecule has 2 nitrogen and oxygen atoms in total. The van der Waals surface area contributed by atoms with Gasteiger partial charge < -0.3 is 9.64 Å². The number of rotatable bonds is 0. The fraction of sp³-hybridized carbons (Fsp3) is 0.700. The summed E-state index contributed by atoms with van der Waals surface area (Å²) in [7, 11) is 0. The van der Waals surface area contributed by atoms with Gasteiger partial charge in [0.05, 0.1) is 0 Å². The van der Waals surface area contributed by atoms with Crippen molar-refractivity contribution in [3.05, 3.63) is 27.8 Å². The second-order valence-corrected chi connectivity index (χ2v) is 8.49. The summed E-state index contributed by atoms with van der Waals surface area (Å²) < 4.78 is 6.89. The molecule has 5 aliphatic rings. The number of benzene rings is 1. The molecule has 4 fully saturated rings. The zero-order chi connectivity index (χ0) is 15.2. The van der Waals surface area contributed by atoms with Crippen molar-refractivity contribution in [2.24, 2.45) is 17.8 Å². The first-order valence-electron chi connectivity index (χ1n) is 9.00. The minimum absolute atomic E-state index is 0.130. The minimum Gasteiger partial charge on any atom is -0.486 e. The van der Waals surface area contributed by atoms with E-state index in [1.807, 2.05) is 0 Å². The van der Waals surface area contributed by atoms with Gasteiger partial charge in [-0.05, 0) is 68.7 Å². The molecule has 22 heavy (non-hydrogen) atoms. The molecule has 4 unspecified atom stereocenters. The molecule has 4 heterocycles. The third-order valence-corrected chi connectivity index (χ3v) is 7.59. The summed E-state index contributed by atoms with van der Waals surface area (Å²) in [6.45, 7) is 13.0. The van der Waals surface area contributed by atoms with Gasteiger partial charge in [-0.25, -0.2) is 0 Å². The van der Waals surface area contributed by atoms with Crippen LogP contribution in [-0.2, 0) is 6.42 Å². The van der Waals surface area contributed by atoms with Crippen LogP contribution in [0.5, 0.6) is 5.75 Å². The van der Waals surface area contributed by atoms with Crippen LogP contribution >= 0.6 is 0 Å². The Balaban J connectivity index is 1.63. The topological polar surface area (TPSA) is 12.5 Å². The molecule has 1 aromatic carbocycles. The Labute approximate surface area is 133 Å². The van der Waals surface area contributed by atoms with Crippen molar-refractivity contribution in [2.75, 3.05) is 19.6 Å². The zero-order valence-corrected chi connectivity index (χ0v) is 14.3. The highest BCUT2D eigenvalue weighted by Crippen LogP contribution is 2.57. The van der Waals surface area contributed by atoms with Crippen LogP contribution in [0.15, 0.2) is 0 Å². The van der Waals surface area contributed by atoms with Gasteiger partial charge in [-0.15, -0.1) is 0 Å². The van der Waals surface area contributed by atoms with Gasteiger partial charge in [0.1, 0.15) is 11.4 Å². The standard InChI is InChI=1S/C20H27NO/c1-11-12(2)14(4)19-18(13(11)3)7-20(22-19)16-5-15-6-17(20)10-21(8-15)9-16/h15-17H,5-10H2,1-4H3/t15?,16-,17?,20?/m0/s1. The fourth-order valence-corrected chi connectivity index (χ4v) is 6.12. The summed E-state index contributed by atoms with van der Waals surface area (Å²) in [4.78, 5) is 2.71. The lowest BCUT2D eigenvalue weighted by Gasteiger charge is -2.60. The van der Waals surface area contributed by atoms with Crippen molar-refractivity contribution in [1.29, 1.82) is 0 Å². The zero-order valence-electron chi connectivity index (χ0n) is 14.3. The first-order chi connectivity index (χ1) is 10.5. The van der Waals surface area contributed by atoms with Crippen LogP contribution < -0.4 is 4.74 Å². The molecule has 4 bridgehead atoms. The molecular weight excluding hydrogens is 270 g/mol. The molecule has 1 spiro atoms. The van der Waals surface area contributed by atoms with Crippen LogP contribution in [0.25, 0.3) is 0 Å². The van der Waals surface area contributed by atoms with E-state index >= 15 is 0 Å². The van der Waals surface area contributed by atoms with Gasteiger partial charge in [-0.1, -0.05) is 0 Å². The van der Waals surface area contributed by atoms with Crippen LogP contribution in [0.2, 0.25) is 0 Å². The van der Waals surface area contributed by atoms with E-state index in [9.17, 15) is 0 Å². The first-order valence-corrected chi connectivity index (χ1v) is 9.00. The molecular formula is C20H27NO. The van der Waals surface area contributed by atoms with E-state index in [2.05, 4.69) is 32.6 Å². The Hall–Kier alpha value is -1.02. The predicted octanol–water partition coefficient (Wildman–Crippen LogP) is 3.57. The van der Waals surface area contributed by atoms with Gasteiger partial charge in [0.15, 0.2) is 0 Å².